The van der Waals surface area contributed by atoms with Crippen LogP contribution >= 0.6 is 0 Å². The van der Waals surface area contributed by atoms with E-state index in [9.17, 15) is 0 Å². The predicted octanol–water partition coefficient (Wildman–Crippen LogP) is 32.0. The normalized spacial score (nSPS) is 13.0. The van der Waals surface area contributed by atoms with Crippen molar-refractivity contribution in [1.29, 1.82) is 0 Å². The summed E-state index contributed by atoms with van der Waals surface area (Å²) in [7, 11) is 0. The average molecular weight is 1910 g/mol. The number of para-hydroxylation sites is 4. The highest BCUT2D eigenvalue weighted by atomic mass is 15.1. The van der Waals surface area contributed by atoms with Gasteiger partial charge in [0.1, 0.15) is 23.3 Å². The Morgan fingerprint density at radius 1 is 0.149 bits per heavy atom. The largest absolute Gasteiger partial charge is 0.298 e. The summed E-state index contributed by atoms with van der Waals surface area (Å²) in [6, 6.07) is 151. The fraction of sp³-hybridized carbons (Fsp3) is 0.119. The van der Waals surface area contributed by atoms with Crippen LogP contribution in [0.25, 0.3) is 202 Å². The molecule has 0 bridgehead atoms. The van der Waals surface area contributed by atoms with E-state index in [0.29, 0.717) is 11.6 Å². The molecular weight excluding hydrogens is 1810 g/mol. The molecule has 4 aliphatic carbocycles. The van der Waals surface area contributed by atoms with Crippen molar-refractivity contribution in [2.45, 2.75) is 103 Å². The van der Waals surface area contributed by atoms with E-state index >= 15 is 0 Å². The third-order valence-corrected chi connectivity index (χ3v) is 29.4. The van der Waals surface area contributed by atoms with Gasteiger partial charge in [0.15, 0.2) is 11.6 Å². The summed E-state index contributed by atoms with van der Waals surface area (Å²) in [4.78, 5) is 50.2. The number of aromatic nitrogens is 14. The first-order valence-corrected chi connectivity index (χ1v) is 52.0. The van der Waals surface area contributed by atoms with Gasteiger partial charge in [-0.05, 0) is 240 Å². The molecule has 0 radical (unpaired) electrons. The Balaban J connectivity index is 0.000000103. The summed E-state index contributed by atoms with van der Waals surface area (Å²) >= 11 is 0. The van der Waals surface area contributed by atoms with E-state index in [1.54, 1.807) is 0 Å². The zero-order valence-corrected chi connectivity index (χ0v) is 82.3. The van der Waals surface area contributed by atoms with Gasteiger partial charge in [0.2, 0.25) is 0 Å². The van der Waals surface area contributed by atoms with E-state index in [1.807, 2.05) is 116 Å². The molecule has 0 aliphatic heterocycles. The first-order valence-electron chi connectivity index (χ1n) is 52.0. The summed E-state index contributed by atoms with van der Waals surface area (Å²) in [5.41, 5.74) is 38.5. The van der Waals surface area contributed by atoms with E-state index in [-0.39, 0.29) is 0 Å². The summed E-state index contributed by atoms with van der Waals surface area (Å²) in [5.74, 6) is 5.29. The molecule has 0 N–H and O–H groups in total. The molecule has 0 saturated carbocycles. The molecule has 12 aromatic heterocycles. The fourth-order valence-corrected chi connectivity index (χ4v) is 22.3. The minimum absolute atomic E-state index is 0.702. The van der Waals surface area contributed by atoms with Gasteiger partial charge in [-0.25, -0.2) is 49.8 Å². The van der Waals surface area contributed by atoms with Crippen molar-refractivity contribution in [3.05, 3.63) is 494 Å². The number of pyridine rings is 6. The van der Waals surface area contributed by atoms with Crippen molar-refractivity contribution >= 4 is 43.6 Å². The molecule has 14 heteroatoms. The van der Waals surface area contributed by atoms with Crippen LogP contribution in [-0.4, -0.2) is 68.1 Å². The quantitative estimate of drug-likeness (QED) is 0.0915. The Morgan fingerprint density at radius 2 is 0.405 bits per heavy atom. The van der Waals surface area contributed by atoms with Gasteiger partial charge in [-0.2, -0.15) is 0 Å². The van der Waals surface area contributed by atoms with Gasteiger partial charge >= 0.3 is 0 Å². The highest BCUT2D eigenvalue weighted by molar-refractivity contribution is 5.92. The molecule has 4 aliphatic rings. The minimum atomic E-state index is 0.702. The van der Waals surface area contributed by atoms with E-state index in [2.05, 4.69) is 352 Å². The molecule has 14 nitrogen and oxygen atoms in total. The van der Waals surface area contributed by atoms with E-state index in [0.717, 1.165) is 198 Å². The summed E-state index contributed by atoms with van der Waals surface area (Å²) < 4.78 is 9.50. The first-order chi connectivity index (χ1) is 73.4. The van der Waals surface area contributed by atoms with Gasteiger partial charge in [-0.1, -0.05) is 328 Å². The van der Waals surface area contributed by atoms with Crippen LogP contribution in [-0.2, 0) is 51.4 Å². The second-order valence-corrected chi connectivity index (χ2v) is 38.6. The number of benzene rings is 12. The Morgan fingerprint density at radius 3 is 0.736 bits per heavy atom. The number of fused-ring (bicyclic) bond motifs is 12. The van der Waals surface area contributed by atoms with Crippen LogP contribution in [0, 0.1) is 0 Å². The Bertz CT molecular complexity index is 8160. The Hall–Kier alpha value is -18.1. The number of hydrogen-bond acceptors (Lipinski definition) is 10. The average Bonchev–Trinajstić information content (AvgIpc) is 1.59. The van der Waals surface area contributed by atoms with Crippen LogP contribution in [0.3, 0.4) is 0 Å². The third kappa shape index (κ3) is 18.5. The molecule has 0 saturated heterocycles. The lowest BCUT2D eigenvalue weighted by atomic mass is 9.95. The van der Waals surface area contributed by atoms with Crippen LogP contribution < -0.4 is 0 Å². The van der Waals surface area contributed by atoms with E-state index in [4.69, 9.17) is 49.8 Å². The maximum absolute atomic E-state index is 5.25. The molecule has 0 amide bonds. The van der Waals surface area contributed by atoms with Crippen molar-refractivity contribution in [3.8, 4) is 159 Å². The monoisotopic (exact) mass is 1910 g/mol. The van der Waals surface area contributed by atoms with Gasteiger partial charge in [0.25, 0.3) is 0 Å². The van der Waals surface area contributed by atoms with Crippen LogP contribution in [0.5, 0.6) is 0 Å². The summed E-state index contributed by atoms with van der Waals surface area (Å²) in [6.07, 6.45) is 22.9. The zero-order valence-electron chi connectivity index (χ0n) is 82.3. The van der Waals surface area contributed by atoms with Crippen molar-refractivity contribution in [2.75, 3.05) is 0 Å². The third-order valence-electron chi connectivity index (χ3n) is 29.4. The zero-order chi connectivity index (χ0) is 98.4. The summed E-state index contributed by atoms with van der Waals surface area (Å²) in [5, 5.41) is 5.45. The molecule has 12 aromatic carbocycles. The first kappa shape index (κ1) is 91.1. The lowest BCUT2D eigenvalue weighted by molar-refractivity contribution is 0.664. The van der Waals surface area contributed by atoms with E-state index in [1.165, 1.54) is 140 Å². The SMILES string of the molecule is c1ccc(-c2cc(-c3ccc(-n4c5c(c6ccccc64)CCCC5)nc3)cc(-c3ccccc3)n2)cc1.c1ccc(-c2cc(-c3ccc(-n4c5c(c6ccccc64)CCCC5)nc3)nc(-c3ccccc3)n2)cc1.c1ccc(-c2cc(-c3cccc(-n4c5c(c6ccccc64)CCCC5)n3)cc(-c3ccccc3)n2)cc1.c1ccc(-c2cc(-c3cccc(-n4c5c(c6ccccc64)CCCC5)n3)nc(-c3ccccc3)n2)cc1. The van der Waals surface area contributed by atoms with Gasteiger partial charge in [-0.15, -0.1) is 0 Å². The smallest absolute Gasteiger partial charge is 0.160 e. The second-order valence-electron chi connectivity index (χ2n) is 38.6. The molecule has 24 aromatic rings. The molecule has 712 valence electrons. The van der Waals surface area contributed by atoms with Gasteiger partial charge in [0, 0.05) is 118 Å². The lowest BCUT2D eigenvalue weighted by Gasteiger charge is -2.16. The van der Waals surface area contributed by atoms with Crippen molar-refractivity contribution in [3.63, 3.8) is 0 Å². The van der Waals surface area contributed by atoms with E-state index < -0.39 is 0 Å². The van der Waals surface area contributed by atoms with Gasteiger partial charge in [-0.3, -0.25) is 18.3 Å². The Labute approximate surface area is 861 Å². The van der Waals surface area contributed by atoms with Gasteiger partial charge in [0.05, 0.1) is 79.0 Å². The Kier molecular flexibility index (Phi) is 25.4. The molecule has 12 heterocycles. The van der Waals surface area contributed by atoms with Crippen LogP contribution in [0.15, 0.2) is 449 Å². The van der Waals surface area contributed by atoms with Crippen molar-refractivity contribution in [1.82, 2.24) is 68.1 Å². The molecule has 0 atom stereocenters. The molecule has 28 rings (SSSR count). The molecule has 0 unspecified atom stereocenters. The maximum Gasteiger partial charge on any atom is 0.160 e. The van der Waals surface area contributed by atoms with Gasteiger partial charge < -0.3 is 0 Å². The highest BCUT2D eigenvalue weighted by Gasteiger charge is 2.29. The van der Waals surface area contributed by atoms with Crippen LogP contribution in [0.4, 0.5) is 0 Å². The fourth-order valence-electron chi connectivity index (χ4n) is 22.3. The molecule has 0 spiro atoms. The topological polar surface area (TPSA) is 149 Å². The number of rotatable bonds is 16. The maximum atomic E-state index is 5.25. The minimum Gasteiger partial charge on any atom is -0.298 e. The standard InChI is InChI=1S/2C34H27N3.2C33H26N4/c1-3-12-24(13-4-1)30-22-26(23-31(35-30)25-14-5-2-6-15-25)29-18-11-21-34(36-29)37-32-19-9-7-16-27(32)28-17-8-10-20-33(28)37;1-3-11-24(12-4-1)30-21-27(22-31(36-30)25-13-5-2-6-14-25)26-19-20-34(35-23-26)37-32-17-9-7-15-28(32)29-16-8-10-18-33(29)37;1-3-12-23(13-4-1)28-22-29(36-33(35-28)24-14-5-2-6-15-24)27-18-11-21-32(34-27)37-30-19-9-7-16-25(30)26-17-8-10-20-31(26)37;1-3-11-23(12-4-1)28-21-29(36-33(35-28)24-13-5-2-6-14-24)25-19-20-32(34-22-25)37-30-17-9-7-15-26(30)27-16-8-10-18-31(27)37/h1-7,9,11-16,18-19,21-23H,8,10,17,20H2;1-7,9,11-15,17,19-23H,8,10,16,18H2;1-7,9,11-16,18-19,21-22H,8,10,17,20H2;1-7,9,11-15,17,19-22H,8,10,16,18H2. The highest BCUT2D eigenvalue weighted by Crippen LogP contribution is 2.43. The van der Waals surface area contributed by atoms with Crippen molar-refractivity contribution < 1.29 is 0 Å². The number of nitrogens with zero attached hydrogens (tertiary/aromatic N) is 14. The van der Waals surface area contributed by atoms with Crippen LogP contribution in [0.2, 0.25) is 0 Å². The number of aryl methyl sites for hydroxylation is 4. The summed E-state index contributed by atoms with van der Waals surface area (Å²) in [6.45, 7) is 0. The van der Waals surface area contributed by atoms with Crippen LogP contribution in [0.1, 0.15) is 96.4 Å². The predicted molar refractivity (Wildman–Crippen MR) is 603 cm³/mol. The van der Waals surface area contributed by atoms with Crippen molar-refractivity contribution in [2.24, 2.45) is 0 Å². The molecule has 0 fully saturated rings. The molecule has 148 heavy (non-hydrogen) atoms. The second kappa shape index (κ2) is 41.3. The lowest BCUT2D eigenvalue weighted by Crippen LogP contribution is -2.08. The molecular formula is C134H106N14. The number of hydrogen-bond donors (Lipinski definition) is 0.